The van der Waals surface area contributed by atoms with Crippen molar-refractivity contribution in [3.05, 3.63) is 59.2 Å². The van der Waals surface area contributed by atoms with Crippen LogP contribution >= 0.6 is 11.8 Å². The van der Waals surface area contributed by atoms with Gasteiger partial charge in [-0.3, -0.25) is 0 Å². The van der Waals surface area contributed by atoms with Gasteiger partial charge in [-0.25, -0.2) is 4.79 Å². The fraction of sp³-hybridized carbons (Fsp3) is 0.118. The summed E-state index contributed by atoms with van der Waals surface area (Å²) in [6.07, 6.45) is 1.77. The number of thioether (sulfide) groups is 1. The molecule has 0 saturated carbocycles. The Balaban J connectivity index is 1.99. The quantitative estimate of drug-likeness (QED) is 0.911. The first-order valence-electron chi connectivity index (χ1n) is 6.67. The van der Waals surface area contributed by atoms with Crippen LogP contribution in [0, 0.1) is 0 Å². The molecule has 0 aliphatic carbocycles. The maximum Gasteiger partial charge on any atom is 0.332 e. The molecule has 3 nitrogen and oxygen atoms in total. The Labute approximate surface area is 127 Å². The van der Waals surface area contributed by atoms with Crippen molar-refractivity contribution in [3.63, 3.8) is 0 Å². The zero-order valence-electron chi connectivity index (χ0n) is 11.4. The van der Waals surface area contributed by atoms with Gasteiger partial charge in [0, 0.05) is 22.8 Å². The molecule has 21 heavy (non-hydrogen) atoms. The minimum atomic E-state index is -0.842. The van der Waals surface area contributed by atoms with E-state index in [1.807, 2.05) is 30.3 Å². The van der Waals surface area contributed by atoms with Gasteiger partial charge < -0.3 is 10.8 Å². The molecule has 0 unspecified atom stereocenters. The van der Waals surface area contributed by atoms with Crippen molar-refractivity contribution in [2.75, 3.05) is 5.75 Å². The molecule has 0 radical (unpaired) electrons. The lowest BCUT2D eigenvalue weighted by molar-refractivity contribution is -0.132. The van der Waals surface area contributed by atoms with Crippen LogP contribution in [0.4, 0.5) is 0 Å². The monoisotopic (exact) mass is 297 g/mol. The van der Waals surface area contributed by atoms with Crippen LogP contribution in [-0.4, -0.2) is 16.8 Å². The first kappa shape index (κ1) is 13.9. The average molecular weight is 297 g/mol. The highest BCUT2D eigenvalue weighted by Crippen LogP contribution is 2.34. The summed E-state index contributed by atoms with van der Waals surface area (Å²) in [5.41, 5.74) is 10.3. The molecule has 0 saturated heterocycles. The number of carbonyl (C=O) groups is 1. The van der Waals surface area contributed by atoms with E-state index in [2.05, 4.69) is 12.1 Å². The molecular formula is C17H15NO2S. The molecule has 106 valence electrons. The third kappa shape index (κ3) is 2.86. The molecule has 0 atom stereocenters. The summed E-state index contributed by atoms with van der Waals surface area (Å²) in [6, 6.07) is 14.3. The van der Waals surface area contributed by atoms with Crippen molar-refractivity contribution < 1.29 is 9.90 Å². The van der Waals surface area contributed by atoms with E-state index in [-0.39, 0.29) is 0 Å². The Morgan fingerprint density at radius 3 is 2.52 bits per heavy atom. The number of carboxylic acids is 1. The van der Waals surface area contributed by atoms with Gasteiger partial charge >= 0.3 is 5.97 Å². The zero-order valence-corrected chi connectivity index (χ0v) is 12.2. The number of benzene rings is 2. The predicted molar refractivity (Wildman–Crippen MR) is 86.1 cm³/mol. The van der Waals surface area contributed by atoms with E-state index in [0.717, 1.165) is 27.1 Å². The minimum Gasteiger partial charge on any atom is -0.478 e. The van der Waals surface area contributed by atoms with Crippen molar-refractivity contribution in [1.82, 2.24) is 0 Å². The summed E-state index contributed by atoms with van der Waals surface area (Å²) in [5.74, 6) is -0.321. The van der Waals surface area contributed by atoms with Crippen LogP contribution in [-0.2, 0) is 11.3 Å². The van der Waals surface area contributed by atoms with Crippen molar-refractivity contribution in [2.45, 2.75) is 11.4 Å². The van der Waals surface area contributed by atoms with E-state index in [9.17, 15) is 4.79 Å². The first-order valence-corrected chi connectivity index (χ1v) is 7.66. The number of hydrogen-bond acceptors (Lipinski definition) is 3. The summed E-state index contributed by atoms with van der Waals surface area (Å²) >= 11 is 1.57. The molecule has 0 bridgehead atoms. The van der Waals surface area contributed by atoms with Gasteiger partial charge in [-0.05, 0) is 40.5 Å². The van der Waals surface area contributed by atoms with Crippen LogP contribution in [0.2, 0.25) is 0 Å². The fourth-order valence-electron chi connectivity index (χ4n) is 2.31. The van der Waals surface area contributed by atoms with E-state index in [1.165, 1.54) is 0 Å². The third-order valence-electron chi connectivity index (χ3n) is 3.52. The molecule has 2 aromatic carbocycles. The van der Waals surface area contributed by atoms with Crippen LogP contribution in [0.15, 0.2) is 52.9 Å². The number of nitrogens with two attached hydrogens (primary N) is 1. The Bertz CT molecular complexity index is 720. The van der Waals surface area contributed by atoms with E-state index < -0.39 is 5.97 Å². The van der Waals surface area contributed by atoms with Crippen LogP contribution in [0.1, 0.15) is 11.1 Å². The molecule has 1 aliphatic heterocycles. The van der Waals surface area contributed by atoms with E-state index in [0.29, 0.717) is 17.9 Å². The summed E-state index contributed by atoms with van der Waals surface area (Å²) in [5, 5.41) is 9.11. The Morgan fingerprint density at radius 2 is 1.86 bits per heavy atom. The number of hydrogen-bond donors (Lipinski definition) is 2. The first-order chi connectivity index (χ1) is 10.2. The average Bonchev–Trinajstić information content (AvgIpc) is 2.54. The van der Waals surface area contributed by atoms with Gasteiger partial charge in [-0.1, -0.05) is 30.3 Å². The zero-order chi connectivity index (χ0) is 14.8. The minimum absolute atomic E-state index is 0.447. The summed E-state index contributed by atoms with van der Waals surface area (Å²) in [6.45, 7) is 0.534. The molecule has 4 heteroatoms. The Morgan fingerprint density at radius 1 is 1.14 bits per heavy atom. The van der Waals surface area contributed by atoms with E-state index in [1.54, 1.807) is 17.8 Å². The standard InChI is InChI=1S/C17H15NO2S/c18-9-11-1-3-12(4-2-11)13-5-6-16-14(7-13)8-15(10-21-16)17(19)20/h1-8H,9-10,18H2,(H,19,20). The molecular weight excluding hydrogens is 282 g/mol. The topological polar surface area (TPSA) is 63.3 Å². The van der Waals surface area contributed by atoms with Crippen molar-refractivity contribution in [3.8, 4) is 11.1 Å². The molecule has 0 aromatic heterocycles. The van der Waals surface area contributed by atoms with Gasteiger partial charge in [-0.2, -0.15) is 0 Å². The fourth-order valence-corrected chi connectivity index (χ4v) is 3.28. The lowest BCUT2D eigenvalue weighted by Gasteiger charge is -2.15. The van der Waals surface area contributed by atoms with Crippen LogP contribution in [0.5, 0.6) is 0 Å². The molecule has 0 spiro atoms. The lowest BCUT2D eigenvalue weighted by atomic mass is 10.0. The highest BCUT2D eigenvalue weighted by atomic mass is 32.2. The van der Waals surface area contributed by atoms with Crippen LogP contribution in [0.25, 0.3) is 17.2 Å². The summed E-state index contributed by atoms with van der Waals surface area (Å²) in [4.78, 5) is 12.2. The second-order valence-electron chi connectivity index (χ2n) is 4.92. The number of fused-ring (bicyclic) bond motifs is 1. The maximum atomic E-state index is 11.1. The second kappa shape index (κ2) is 5.76. The molecule has 0 fully saturated rings. The normalized spacial score (nSPS) is 13.5. The van der Waals surface area contributed by atoms with E-state index in [4.69, 9.17) is 10.8 Å². The molecule has 3 rings (SSSR count). The van der Waals surface area contributed by atoms with Gasteiger partial charge in [0.25, 0.3) is 0 Å². The smallest absolute Gasteiger partial charge is 0.332 e. The van der Waals surface area contributed by atoms with Crippen LogP contribution in [0.3, 0.4) is 0 Å². The Hall–Kier alpha value is -2.04. The van der Waals surface area contributed by atoms with Gasteiger partial charge in [0.2, 0.25) is 0 Å². The van der Waals surface area contributed by atoms with Gasteiger partial charge in [0.15, 0.2) is 0 Å². The summed E-state index contributed by atoms with van der Waals surface area (Å²) in [7, 11) is 0. The van der Waals surface area contributed by atoms with Crippen LogP contribution < -0.4 is 5.73 Å². The van der Waals surface area contributed by atoms with E-state index >= 15 is 0 Å². The Kier molecular flexibility index (Phi) is 3.82. The number of carboxylic acid groups (broad SMARTS) is 1. The third-order valence-corrected chi connectivity index (χ3v) is 4.66. The molecule has 1 heterocycles. The SMILES string of the molecule is NCc1ccc(-c2ccc3c(c2)C=C(C(=O)O)CS3)cc1. The highest BCUT2D eigenvalue weighted by molar-refractivity contribution is 7.99. The van der Waals surface area contributed by atoms with Crippen molar-refractivity contribution >= 4 is 23.8 Å². The molecule has 0 amide bonds. The predicted octanol–water partition coefficient (Wildman–Crippen LogP) is 3.39. The summed E-state index contributed by atoms with van der Waals surface area (Å²) < 4.78 is 0. The second-order valence-corrected chi connectivity index (χ2v) is 5.93. The molecule has 3 N–H and O–H groups in total. The number of rotatable bonds is 3. The van der Waals surface area contributed by atoms with Crippen molar-refractivity contribution in [1.29, 1.82) is 0 Å². The largest absolute Gasteiger partial charge is 0.478 e. The molecule has 2 aromatic rings. The van der Waals surface area contributed by atoms with Gasteiger partial charge in [0.1, 0.15) is 0 Å². The maximum absolute atomic E-state index is 11.1. The number of aliphatic carboxylic acids is 1. The lowest BCUT2D eigenvalue weighted by Crippen LogP contribution is -2.06. The highest BCUT2D eigenvalue weighted by Gasteiger charge is 2.16. The van der Waals surface area contributed by atoms with Gasteiger partial charge in [0.05, 0.1) is 0 Å². The van der Waals surface area contributed by atoms with Crippen molar-refractivity contribution in [2.24, 2.45) is 5.73 Å². The van der Waals surface area contributed by atoms with Gasteiger partial charge in [-0.15, -0.1) is 11.8 Å². The molecule has 1 aliphatic rings.